The van der Waals surface area contributed by atoms with Gasteiger partial charge in [0.15, 0.2) is 5.69 Å². The van der Waals surface area contributed by atoms with Crippen molar-refractivity contribution in [3.63, 3.8) is 0 Å². The molecule has 4 rings (SSSR count). The first kappa shape index (κ1) is 14.0. The lowest BCUT2D eigenvalue weighted by Gasteiger charge is -2.31. The van der Waals surface area contributed by atoms with Crippen molar-refractivity contribution in [1.29, 1.82) is 0 Å². The third kappa shape index (κ3) is 2.50. The Balaban J connectivity index is 1.58. The minimum absolute atomic E-state index is 0.00423. The highest BCUT2D eigenvalue weighted by atomic mass is 16.2. The zero-order valence-electron chi connectivity index (χ0n) is 13.0. The van der Waals surface area contributed by atoms with E-state index in [1.165, 1.54) is 0 Å². The number of benzene rings is 1. The molecule has 1 aliphatic rings. The number of likely N-dealkylation sites (tertiary alicyclic amines) is 1. The zero-order valence-corrected chi connectivity index (χ0v) is 13.0. The fourth-order valence-electron chi connectivity index (χ4n) is 3.30. The van der Waals surface area contributed by atoms with E-state index < -0.39 is 0 Å². The number of carbonyl (C=O) groups excluding carboxylic acids is 1. The Morgan fingerprint density at radius 2 is 2.22 bits per heavy atom. The van der Waals surface area contributed by atoms with Crippen LogP contribution in [0.3, 0.4) is 0 Å². The van der Waals surface area contributed by atoms with Gasteiger partial charge in [0, 0.05) is 36.3 Å². The number of fused-ring (bicyclic) bond motifs is 1. The fraction of sp³-hybridized carbons (Fsp3) is 0.353. The van der Waals surface area contributed by atoms with Gasteiger partial charge in [-0.15, -0.1) is 0 Å². The van der Waals surface area contributed by atoms with Crippen molar-refractivity contribution in [3.05, 3.63) is 47.7 Å². The highest BCUT2D eigenvalue weighted by Crippen LogP contribution is 2.26. The van der Waals surface area contributed by atoms with Gasteiger partial charge < -0.3 is 9.88 Å². The molecule has 1 fully saturated rings. The van der Waals surface area contributed by atoms with Crippen molar-refractivity contribution in [2.75, 3.05) is 13.1 Å². The lowest BCUT2D eigenvalue weighted by atomic mass is 9.97. The van der Waals surface area contributed by atoms with Crippen LogP contribution in [0, 0.1) is 6.92 Å². The van der Waals surface area contributed by atoms with Gasteiger partial charge in [-0.05, 0) is 25.8 Å². The van der Waals surface area contributed by atoms with Crippen LogP contribution >= 0.6 is 0 Å². The summed E-state index contributed by atoms with van der Waals surface area (Å²) in [5.41, 5.74) is 2.46. The van der Waals surface area contributed by atoms with E-state index in [9.17, 15) is 4.79 Å². The molecule has 3 aromatic rings. The lowest BCUT2D eigenvalue weighted by molar-refractivity contribution is 0.0700. The van der Waals surface area contributed by atoms with Crippen LogP contribution < -0.4 is 0 Å². The highest BCUT2D eigenvalue weighted by molar-refractivity contribution is 6.04. The van der Waals surface area contributed by atoms with E-state index in [0.29, 0.717) is 12.2 Å². The van der Waals surface area contributed by atoms with Crippen LogP contribution in [0.4, 0.5) is 0 Å². The molecule has 0 unspecified atom stereocenters. The molecule has 0 saturated carbocycles. The largest absolute Gasteiger partial charge is 0.346 e. The molecule has 0 radical (unpaired) electrons. The predicted molar refractivity (Wildman–Crippen MR) is 87.3 cm³/mol. The molecule has 1 amide bonds. The summed E-state index contributed by atoms with van der Waals surface area (Å²) in [6.45, 7) is 3.46. The van der Waals surface area contributed by atoms with Crippen molar-refractivity contribution in [1.82, 2.24) is 25.1 Å². The maximum absolute atomic E-state index is 12.9. The van der Waals surface area contributed by atoms with Crippen LogP contribution in [-0.4, -0.2) is 44.1 Å². The molecule has 1 aliphatic heterocycles. The number of hydrogen-bond donors (Lipinski definition) is 2. The van der Waals surface area contributed by atoms with Crippen molar-refractivity contribution in [3.8, 4) is 0 Å². The Bertz CT molecular complexity index is 849. The summed E-state index contributed by atoms with van der Waals surface area (Å²) >= 11 is 0. The Morgan fingerprint density at radius 1 is 1.35 bits per heavy atom. The number of piperidine rings is 1. The van der Waals surface area contributed by atoms with E-state index in [0.717, 1.165) is 41.8 Å². The van der Waals surface area contributed by atoms with E-state index >= 15 is 0 Å². The summed E-state index contributed by atoms with van der Waals surface area (Å²) in [7, 11) is 0. The monoisotopic (exact) mass is 309 g/mol. The minimum atomic E-state index is -0.00423. The van der Waals surface area contributed by atoms with Gasteiger partial charge in [-0.3, -0.25) is 9.89 Å². The first-order chi connectivity index (χ1) is 11.2. The average molecular weight is 309 g/mol. The summed E-state index contributed by atoms with van der Waals surface area (Å²) in [6.07, 6.45) is 3.88. The van der Waals surface area contributed by atoms with Crippen LogP contribution in [0.2, 0.25) is 0 Å². The molecule has 1 saturated heterocycles. The summed E-state index contributed by atoms with van der Waals surface area (Å²) in [6, 6.07) is 7.73. The Kier molecular flexibility index (Phi) is 3.37. The molecule has 0 aliphatic carbocycles. The third-order valence-electron chi connectivity index (χ3n) is 4.49. The summed E-state index contributed by atoms with van der Waals surface area (Å²) in [4.78, 5) is 22.5. The molecule has 3 heterocycles. The SMILES string of the molecule is Cc1cnc([C@H]2CCCN(C(=O)c3n[nH]c4ccccc34)C2)[nH]1. The minimum Gasteiger partial charge on any atom is -0.346 e. The van der Waals surface area contributed by atoms with E-state index in [1.807, 2.05) is 42.3 Å². The van der Waals surface area contributed by atoms with Gasteiger partial charge in [-0.2, -0.15) is 5.10 Å². The molecule has 2 N–H and O–H groups in total. The zero-order chi connectivity index (χ0) is 15.8. The smallest absolute Gasteiger partial charge is 0.275 e. The normalized spacial score (nSPS) is 18.5. The molecular formula is C17H19N5O. The number of rotatable bonds is 2. The van der Waals surface area contributed by atoms with E-state index in [2.05, 4.69) is 20.2 Å². The number of nitrogens with one attached hydrogen (secondary N) is 2. The molecule has 6 nitrogen and oxygen atoms in total. The maximum atomic E-state index is 12.9. The number of H-pyrrole nitrogens is 2. The molecular weight excluding hydrogens is 290 g/mol. The molecule has 118 valence electrons. The van der Waals surface area contributed by atoms with Crippen molar-refractivity contribution in [2.45, 2.75) is 25.7 Å². The number of carbonyl (C=O) groups is 1. The standard InChI is InChI=1S/C17H19N5O/c1-11-9-18-16(19-11)12-5-4-8-22(10-12)17(23)15-13-6-2-3-7-14(13)20-21-15/h2-3,6-7,9,12H,4-5,8,10H2,1H3,(H,18,19)(H,20,21)/t12-/m0/s1. The van der Waals surface area contributed by atoms with Gasteiger partial charge in [-0.1, -0.05) is 18.2 Å². The fourth-order valence-corrected chi connectivity index (χ4v) is 3.30. The van der Waals surface area contributed by atoms with Crippen LogP contribution in [0.15, 0.2) is 30.5 Å². The second-order valence-electron chi connectivity index (χ2n) is 6.16. The topological polar surface area (TPSA) is 77.7 Å². The molecule has 23 heavy (non-hydrogen) atoms. The molecule has 1 atom stereocenters. The Morgan fingerprint density at radius 3 is 3.04 bits per heavy atom. The summed E-state index contributed by atoms with van der Waals surface area (Å²) in [5, 5.41) is 8.05. The molecule has 6 heteroatoms. The number of para-hydroxylation sites is 1. The second kappa shape index (κ2) is 5.53. The van der Waals surface area contributed by atoms with Crippen LogP contribution in [0.1, 0.15) is 40.8 Å². The average Bonchev–Trinajstić information content (AvgIpc) is 3.20. The predicted octanol–water partition coefficient (Wildman–Crippen LogP) is 2.61. The molecule has 0 bridgehead atoms. The Labute approximate surface area is 133 Å². The molecule has 1 aromatic carbocycles. The second-order valence-corrected chi connectivity index (χ2v) is 6.16. The molecule has 0 spiro atoms. The number of imidazole rings is 1. The van der Waals surface area contributed by atoms with Gasteiger partial charge in [0.25, 0.3) is 5.91 Å². The summed E-state index contributed by atoms with van der Waals surface area (Å²) < 4.78 is 0. The Hall–Kier alpha value is -2.63. The van der Waals surface area contributed by atoms with Gasteiger partial charge in [0.05, 0.1) is 5.52 Å². The maximum Gasteiger partial charge on any atom is 0.275 e. The van der Waals surface area contributed by atoms with Crippen molar-refractivity contribution >= 4 is 16.8 Å². The van der Waals surface area contributed by atoms with Crippen LogP contribution in [0.5, 0.6) is 0 Å². The lowest BCUT2D eigenvalue weighted by Crippen LogP contribution is -2.39. The van der Waals surface area contributed by atoms with E-state index in [-0.39, 0.29) is 11.8 Å². The number of hydrogen-bond acceptors (Lipinski definition) is 3. The van der Waals surface area contributed by atoms with Gasteiger partial charge in [0.2, 0.25) is 0 Å². The van der Waals surface area contributed by atoms with Crippen LogP contribution in [0.25, 0.3) is 10.9 Å². The third-order valence-corrected chi connectivity index (χ3v) is 4.49. The first-order valence-corrected chi connectivity index (χ1v) is 7.96. The van der Waals surface area contributed by atoms with E-state index in [1.54, 1.807) is 0 Å². The number of amides is 1. The van der Waals surface area contributed by atoms with Gasteiger partial charge >= 0.3 is 0 Å². The van der Waals surface area contributed by atoms with Crippen LogP contribution in [-0.2, 0) is 0 Å². The number of nitrogens with zero attached hydrogens (tertiary/aromatic N) is 3. The van der Waals surface area contributed by atoms with Gasteiger partial charge in [-0.25, -0.2) is 4.98 Å². The number of aryl methyl sites for hydroxylation is 1. The van der Waals surface area contributed by atoms with Crippen molar-refractivity contribution < 1.29 is 4.79 Å². The number of aromatic amines is 2. The van der Waals surface area contributed by atoms with Gasteiger partial charge in [0.1, 0.15) is 5.82 Å². The number of aromatic nitrogens is 4. The first-order valence-electron chi connectivity index (χ1n) is 7.96. The van der Waals surface area contributed by atoms with Crippen molar-refractivity contribution in [2.24, 2.45) is 0 Å². The quantitative estimate of drug-likeness (QED) is 0.764. The summed E-state index contributed by atoms with van der Waals surface area (Å²) in [5.74, 6) is 1.24. The highest BCUT2D eigenvalue weighted by Gasteiger charge is 2.28. The molecule has 2 aromatic heterocycles. The van der Waals surface area contributed by atoms with E-state index in [4.69, 9.17) is 0 Å².